The van der Waals surface area contributed by atoms with E-state index in [9.17, 15) is 0 Å². The lowest BCUT2D eigenvalue weighted by atomic mass is 9.83. The lowest BCUT2D eigenvalue weighted by Crippen LogP contribution is -2.40. The third-order valence-corrected chi connectivity index (χ3v) is 3.98. The van der Waals surface area contributed by atoms with Gasteiger partial charge in [-0.05, 0) is 64.0 Å². The second-order valence-corrected chi connectivity index (χ2v) is 5.24. The van der Waals surface area contributed by atoms with Gasteiger partial charge in [0, 0.05) is 6.04 Å². The van der Waals surface area contributed by atoms with Crippen LogP contribution in [0.4, 0.5) is 0 Å². The summed E-state index contributed by atoms with van der Waals surface area (Å²) in [6.07, 6.45) is 2.66. The van der Waals surface area contributed by atoms with Crippen LogP contribution >= 0.6 is 0 Å². The fourth-order valence-corrected chi connectivity index (χ4v) is 3.15. The molecule has 1 aliphatic rings. The predicted octanol–water partition coefficient (Wildman–Crippen LogP) is 2.60. The summed E-state index contributed by atoms with van der Waals surface area (Å²) >= 11 is 0. The van der Waals surface area contributed by atoms with Gasteiger partial charge in [-0.25, -0.2) is 0 Å². The van der Waals surface area contributed by atoms with Crippen LogP contribution in [-0.4, -0.2) is 32.1 Å². The highest BCUT2D eigenvalue weighted by Crippen LogP contribution is 2.35. The summed E-state index contributed by atoms with van der Waals surface area (Å²) in [6, 6.07) is 9.41. The summed E-state index contributed by atoms with van der Waals surface area (Å²) < 4.78 is 0. The van der Waals surface area contributed by atoms with Gasteiger partial charge in [-0.1, -0.05) is 24.3 Å². The maximum Gasteiger partial charge on any atom is 0.0387 e. The third kappa shape index (κ3) is 2.70. The van der Waals surface area contributed by atoms with E-state index in [1.165, 1.54) is 30.5 Å². The first-order valence-corrected chi connectivity index (χ1v) is 6.64. The maximum atomic E-state index is 3.35. The number of piperidine rings is 1. The smallest absolute Gasteiger partial charge is 0.0387 e. The molecule has 1 heterocycles. The summed E-state index contributed by atoms with van der Waals surface area (Å²) in [5.74, 6) is 0.736. The van der Waals surface area contributed by atoms with Crippen LogP contribution in [0.2, 0.25) is 0 Å². The van der Waals surface area contributed by atoms with Crippen LogP contribution < -0.4 is 5.32 Å². The molecule has 2 rings (SSSR count). The van der Waals surface area contributed by atoms with Crippen molar-refractivity contribution in [1.82, 2.24) is 10.2 Å². The molecular formula is C15H24N2. The van der Waals surface area contributed by atoms with Gasteiger partial charge in [0.15, 0.2) is 0 Å². The van der Waals surface area contributed by atoms with Crippen LogP contribution in [0, 0.1) is 12.8 Å². The Labute approximate surface area is 105 Å². The zero-order chi connectivity index (χ0) is 12.3. The molecule has 0 saturated carbocycles. The Balaban J connectivity index is 2.28. The quantitative estimate of drug-likeness (QED) is 0.862. The normalized spacial score (nSPS) is 26.1. The number of aryl methyl sites for hydroxylation is 1. The lowest BCUT2D eigenvalue weighted by Gasteiger charge is -2.40. The van der Waals surface area contributed by atoms with Crippen molar-refractivity contribution in [1.29, 1.82) is 0 Å². The minimum atomic E-state index is 0.581. The number of rotatable bonds is 3. The van der Waals surface area contributed by atoms with E-state index in [4.69, 9.17) is 0 Å². The predicted molar refractivity (Wildman–Crippen MR) is 73.2 cm³/mol. The molecule has 0 radical (unpaired) electrons. The van der Waals surface area contributed by atoms with Crippen LogP contribution in [0.3, 0.4) is 0 Å². The van der Waals surface area contributed by atoms with E-state index in [-0.39, 0.29) is 0 Å². The minimum absolute atomic E-state index is 0.581. The van der Waals surface area contributed by atoms with Gasteiger partial charge < -0.3 is 5.32 Å². The highest BCUT2D eigenvalue weighted by atomic mass is 15.1. The molecule has 17 heavy (non-hydrogen) atoms. The summed E-state index contributed by atoms with van der Waals surface area (Å²) in [7, 11) is 4.32. The SMILES string of the molecule is CNCC1CCCN(C)C1c1ccccc1C. The number of likely N-dealkylation sites (tertiary alicyclic amines) is 1. The Morgan fingerprint density at radius 2 is 2.12 bits per heavy atom. The Hall–Kier alpha value is -0.860. The average Bonchev–Trinajstić information content (AvgIpc) is 2.31. The molecule has 1 aromatic rings. The Kier molecular flexibility index (Phi) is 4.19. The molecule has 1 fully saturated rings. The fraction of sp³-hybridized carbons (Fsp3) is 0.600. The van der Waals surface area contributed by atoms with E-state index < -0.39 is 0 Å². The van der Waals surface area contributed by atoms with Crippen LogP contribution in [0.15, 0.2) is 24.3 Å². The van der Waals surface area contributed by atoms with Gasteiger partial charge in [-0.2, -0.15) is 0 Å². The van der Waals surface area contributed by atoms with E-state index in [1.807, 2.05) is 0 Å². The number of hydrogen-bond acceptors (Lipinski definition) is 2. The zero-order valence-electron chi connectivity index (χ0n) is 11.2. The molecule has 1 N–H and O–H groups in total. The molecule has 0 bridgehead atoms. The van der Waals surface area contributed by atoms with Crippen molar-refractivity contribution >= 4 is 0 Å². The van der Waals surface area contributed by atoms with E-state index >= 15 is 0 Å². The summed E-state index contributed by atoms with van der Waals surface area (Å²) in [5, 5.41) is 3.35. The van der Waals surface area contributed by atoms with Crippen LogP contribution in [0.5, 0.6) is 0 Å². The van der Waals surface area contributed by atoms with Crippen LogP contribution in [-0.2, 0) is 0 Å². The molecule has 1 aromatic carbocycles. The van der Waals surface area contributed by atoms with Crippen molar-refractivity contribution < 1.29 is 0 Å². The Morgan fingerprint density at radius 1 is 1.35 bits per heavy atom. The molecule has 2 unspecified atom stereocenters. The van der Waals surface area contributed by atoms with Gasteiger partial charge in [-0.15, -0.1) is 0 Å². The molecule has 1 aliphatic heterocycles. The molecule has 0 amide bonds. The molecule has 0 aromatic heterocycles. The molecule has 2 heteroatoms. The number of benzene rings is 1. The second kappa shape index (κ2) is 5.65. The van der Waals surface area contributed by atoms with Gasteiger partial charge >= 0.3 is 0 Å². The van der Waals surface area contributed by atoms with Crippen LogP contribution in [0.25, 0.3) is 0 Å². The van der Waals surface area contributed by atoms with Gasteiger partial charge in [0.05, 0.1) is 0 Å². The lowest BCUT2D eigenvalue weighted by molar-refractivity contribution is 0.120. The summed E-state index contributed by atoms with van der Waals surface area (Å²) in [4.78, 5) is 2.52. The average molecular weight is 232 g/mol. The van der Waals surface area contributed by atoms with E-state index in [0.29, 0.717) is 6.04 Å². The minimum Gasteiger partial charge on any atom is -0.319 e. The van der Waals surface area contributed by atoms with Gasteiger partial charge in [-0.3, -0.25) is 4.90 Å². The molecule has 1 saturated heterocycles. The van der Waals surface area contributed by atoms with Crippen molar-refractivity contribution in [2.45, 2.75) is 25.8 Å². The van der Waals surface area contributed by atoms with Crippen molar-refractivity contribution in [2.75, 3.05) is 27.2 Å². The Bertz CT molecular complexity index is 360. The fourth-order valence-electron chi connectivity index (χ4n) is 3.15. The number of nitrogens with one attached hydrogen (secondary N) is 1. The van der Waals surface area contributed by atoms with E-state index in [0.717, 1.165) is 12.5 Å². The highest BCUT2D eigenvalue weighted by molar-refractivity contribution is 5.29. The van der Waals surface area contributed by atoms with Gasteiger partial charge in [0.25, 0.3) is 0 Å². The highest BCUT2D eigenvalue weighted by Gasteiger charge is 2.30. The zero-order valence-corrected chi connectivity index (χ0v) is 11.2. The summed E-state index contributed by atoms with van der Waals surface area (Å²) in [5.41, 5.74) is 2.93. The molecular weight excluding hydrogens is 208 g/mol. The van der Waals surface area contributed by atoms with E-state index in [1.54, 1.807) is 0 Å². The number of hydrogen-bond donors (Lipinski definition) is 1. The van der Waals surface area contributed by atoms with E-state index in [2.05, 4.69) is 55.5 Å². The standard InChI is InChI=1S/C15H24N2/c1-12-7-4-5-9-14(12)15-13(11-16-2)8-6-10-17(15)3/h4-5,7,9,13,15-16H,6,8,10-11H2,1-3H3. The van der Waals surface area contributed by atoms with Crippen molar-refractivity contribution in [2.24, 2.45) is 5.92 Å². The molecule has 2 atom stereocenters. The first-order chi connectivity index (χ1) is 8.24. The maximum absolute atomic E-state index is 3.35. The van der Waals surface area contributed by atoms with Crippen molar-refractivity contribution in [3.8, 4) is 0 Å². The topological polar surface area (TPSA) is 15.3 Å². The largest absolute Gasteiger partial charge is 0.319 e. The first-order valence-electron chi connectivity index (χ1n) is 6.64. The number of nitrogens with zero attached hydrogens (tertiary/aromatic N) is 1. The van der Waals surface area contributed by atoms with Crippen molar-refractivity contribution in [3.05, 3.63) is 35.4 Å². The van der Waals surface area contributed by atoms with Crippen molar-refractivity contribution in [3.63, 3.8) is 0 Å². The molecule has 0 aliphatic carbocycles. The second-order valence-electron chi connectivity index (χ2n) is 5.24. The third-order valence-electron chi connectivity index (χ3n) is 3.98. The molecule has 2 nitrogen and oxygen atoms in total. The Morgan fingerprint density at radius 3 is 2.82 bits per heavy atom. The van der Waals surface area contributed by atoms with Crippen LogP contribution in [0.1, 0.15) is 30.0 Å². The molecule has 94 valence electrons. The molecule has 0 spiro atoms. The van der Waals surface area contributed by atoms with Gasteiger partial charge in [0.1, 0.15) is 0 Å². The summed E-state index contributed by atoms with van der Waals surface area (Å²) in [6.45, 7) is 4.57. The monoisotopic (exact) mass is 232 g/mol. The first kappa shape index (κ1) is 12.6. The van der Waals surface area contributed by atoms with Gasteiger partial charge in [0.2, 0.25) is 0 Å².